The van der Waals surface area contributed by atoms with Crippen molar-refractivity contribution in [1.82, 2.24) is 0 Å². The highest BCUT2D eigenvalue weighted by Crippen LogP contribution is 2.12. The van der Waals surface area contributed by atoms with E-state index in [2.05, 4.69) is 0 Å². The van der Waals surface area contributed by atoms with Crippen LogP contribution in [0.2, 0.25) is 0 Å². The predicted octanol–water partition coefficient (Wildman–Crippen LogP) is 1.75. The van der Waals surface area contributed by atoms with E-state index in [1.165, 1.54) is 6.08 Å². The first-order valence-electron chi connectivity index (χ1n) is 4.50. The van der Waals surface area contributed by atoms with Gasteiger partial charge in [-0.05, 0) is 17.7 Å². The lowest BCUT2D eigenvalue weighted by Crippen LogP contribution is -2.04. The summed E-state index contributed by atoms with van der Waals surface area (Å²) in [6, 6.07) is 7.59. The van der Waals surface area contributed by atoms with Crippen molar-refractivity contribution < 1.29 is 9.53 Å². The standard InChI is InChI=1S/C12H13NO2/c1-15-11-8-6-10(7-9-11)4-2-3-5-12(13)14/h2-9H,1H3,(H2,13,14)/b4-2+,5-3+. The van der Waals surface area contributed by atoms with E-state index in [0.717, 1.165) is 11.3 Å². The Morgan fingerprint density at radius 1 is 1.27 bits per heavy atom. The first-order chi connectivity index (χ1) is 7.22. The van der Waals surface area contributed by atoms with Crippen LogP contribution in [-0.2, 0) is 4.79 Å². The van der Waals surface area contributed by atoms with E-state index < -0.39 is 5.91 Å². The third kappa shape index (κ3) is 4.13. The number of amides is 1. The number of nitrogens with two attached hydrogens (primary N) is 1. The molecule has 0 saturated heterocycles. The van der Waals surface area contributed by atoms with E-state index in [9.17, 15) is 4.79 Å². The van der Waals surface area contributed by atoms with Crippen molar-refractivity contribution in [2.45, 2.75) is 0 Å². The molecule has 0 fully saturated rings. The highest BCUT2D eigenvalue weighted by molar-refractivity contribution is 5.86. The second-order valence-electron chi connectivity index (χ2n) is 2.89. The minimum Gasteiger partial charge on any atom is -0.497 e. The minimum absolute atomic E-state index is 0.450. The normalized spacial score (nSPS) is 11.0. The van der Waals surface area contributed by atoms with Crippen LogP contribution in [0.5, 0.6) is 5.75 Å². The van der Waals surface area contributed by atoms with Crippen LogP contribution in [0.4, 0.5) is 0 Å². The summed E-state index contributed by atoms with van der Waals surface area (Å²) >= 11 is 0. The van der Waals surface area contributed by atoms with Gasteiger partial charge < -0.3 is 10.5 Å². The summed E-state index contributed by atoms with van der Waals surface area (Å²) in [4.78, 5) is 10.4. The molecule has 3 nitrogen and oxygen atoms in total. The fourth-order valence-corrected chi connectivity index (χ4v) is 1.03. The molecule has 0 bridgehead atoms. The molecule has 0 aromatic heterocycles. The van der Waals surface area contributed by atoms with Crippen molar-refractivity contribution in [1.29, 1.82) is 0 Å². The van der Waals surface area contributed by atoms with Gasteiger partial charge in [0.1, 0.15) is 5.75 Å². The van der Waals surface area contributed by atoms with Gasteiger partial charge in [-0.15, -0.1) is 0 Å². The molecule has 1 rings (SSSR count). The van der Waals surface area contributed by atoms with Gasteiger partial charge in [-0.1, -0.05) is 30.4 Å². The predicted molar refractivity (Wildman–Crippen MR) is 60.4 cm³/mol. The monoisotopic (exact) mass is 203 g/mol. The van der Waals surface area contributed by atoms with Crippen molar-refractivity contribution in [3.8, 4) is 5.75 Å². The number of ether oxygens (including phenoxy) is 1. The van der Waals surface area contributed by atoms with Crippen LogP contribution >= 0.6 is 0 Å². The van der Waals surface area contributed by atoms with Crippen molar-refractivity contribution in [3.63, 3.8) is 0 Å². The zero-order valence-electron chi connectivity index (χ0n) is 8.51. The van der Waals surface area contributed by atoms with Crippen LogP contribution in [-0.4, -0.2) is 13.0 Å². The Kier molecular flexibility index (Phi) is 4.16. The van der Waals surface area contributed by atoms with Crippen LogP contribution in [0, 0.1) is 0 Å². The van der Waals surface area contributed by atoms with E-state index in [-0.39, 0.29) is 0 Å². The molecule has 1 aromatic carbocycles. The van der Waals surface area contributed by atoms with Gasteiger partial charge in [0.05, 0.1) is 7.11 Å². The number of benzene rings is 1. The van der Waals surface area contributed by atoms with Crippen molar-refractivity contribution >= 4 is 12.0 Å². The second kappa shape index (κ2) is 5.65. The first kappa shape index (κ1) is 11.0. The lowest BCUT2D eigenvalue weighted by Gasteiger charge is -1.98. The van der Waals surface area contributed by atoms with E-state index in [0.29, 0.717) is 0 Å². The van der Waals surface area contributed by atoms with Gasteiger partial charge >= 0.3 is 0 Å². The molecule has 0 saturated carbocycles. The minimum atomic E-state index is -0.450. The molecular formula is C12H13NO2. The molecule has 0 spiro atoms. The molecule has 0 radical (unpaired) electrons. The molecule has 1 amide bonds. The third-order valence-corrected chi connectivity index (χ3v) is 1.78. The van der Waals surface area contributed by atoms with E-state index in [4.69, 9.17) is 10.5 Å². The Labute approximate surface area is 88.9 Å². The summed E-state index contributed by atoms with van der Waals surface area (Å²) < 4.78 is 5.03. The first-order valence-corrected chi connectivity index (χ1v) is 4.50. The summed E-state index contributed by atoms with van der Waals surface area (Å²) in [5.41, 5.74) is 5.97. The van der Waals surface area contributed by atoms with Gasteiger partial charge in [-0.2, -0.15) is 0 Å². The van der Waals surface area contributed by atoms with Gasteiger partial charge in [0.15, 0.2) is 0 Å². The largest absolute Gasteiger partial charge is 0.497 e. The lowest BCUT2D eigenvalue weighted by molar-refractivity contribution is -0.113. The molecule has 0 aliphatic heterocycles. The Balaban J connectivity index is 2.61. The zero-order valence-corrected chi connectivity index (χ0v) is 8.51. The molecule has 0 aliphatic rings. The molecule has 0 heterocycles. The molecule has 3 heteroatoms. The summed E-state index contributed by atoms with van der Waals surface area (Å²) in [5.74, 6) is 0.370. The van der Waals surface area contributed by atoms with E-state index in [1.54, 1.807) is 19.3 Å². The Bertz CT molecular complexity index is 377. The number of methoxy groups -OCH3 is 1. The molecule has 0 aliphatic carbocycles. The van der Waals surface area contributed by atoms with E-state index in [1.807, 2.05) is 30.3 Å². The van der Waals surface area contributed by atoms with Gasteiger partial charge in [0.25, 0.3) is 0 Å². The number of primary amides is 1. The number of hydrogen-bond acceptors (Lipinski definition) is 2. The Morgan fingerprint density at radius 3 is 2.47 bits per heavy atom. The number of rotatable bonds is 4. The zero-order chi connectivity index (χ0) is 11.1. The molecular weight excluding hydrogens is 190 g/mol. The van der Waals surface area contributed by atoms with Crippen molar-refractivity contribution in [2.24, 2.45) is 5.73 Å². The quantitative estimate of drug-likeness (QED) is 0.598. The number of carbonyl (C=O) groups excluding carboxylic acids is 1. The maximum atomic E-state index is 10.4. The molecule has 78 valence electrons. The maximum absolute atomic E-state index is 10.4. The van der Waals surface area contributed by atoms with Crippen LogP contribution in [0.15, 0.2) is 42.5 Å². The summed E-state index contributed by atoms with van der Waals surface area (Å²) in [6.07, 6.45) is 6.54. The molecule has 15 heavy (non-hydrogen) atoms. The summed E-state index contributed by atoms with van der Waals surface area (Å²) in [6.45, 7) is 0. The van der Waals surface area contributed by atoms with Gasteiger partial charge in [-0.3, -0.25) is 4.79 Å². The number of hydrogen-bond donors (Lipinski definition) is 1. The maximum Gasteiger partial charge on any atom is 0.241 e. The Morgan fingerprint density at radius 2 is 1.93 bits per heavy atom. The van der Waals surface area contributed by atoms with Gasteiger partial charge in [-0.25, -0.2) is 0 Å². The average molecular weight is 203 g/mol. The SMILES string of the molecule is COc1ccc(/C=C/C=C/C(N)=O)cc1. The number of carbonyl (C=O) groups is 1. The van der Waals surface area contributed by atoms with Crippen molar-refractivity contribution in [2.75, 3.05) is 7.11 Å². The number of allylic oxidation sites excluding steroid dienone is 2. The third-order valence-electron chi connectivity index (χ3n) is 1.78. The average Bonchev–Trinajstić information content (AvgIpc) is 2.25. The highest BCUT2D eigenvalue weighted by atomic mass is 16.5. The summed E-state index contributed by atoms with van der Waals surface area (Å²) in [5, 5.41) is 0. The van der Waals surface area contributed by atoms with Gasteiger partial charge in [0, 0.05) is 6.08 Å². The highest BCUT2D eigenvalue weighted by Gasteiger charge is 1.88. The lowest BCUT2D eigenvalue weighted by atomic mass is 10.2. The molecule has 0 atom stereocenters. The van der Waals surface area contributed by atoms with Crippen molar-refractivity contribution in [3.05, 3.63) is 48.1 Å². The second-order valence-corrected chi connectivity index (χ2v) is 2.89. The van der Waals surface area contributed by atoms with Gasteiger partial charge in [0.2, 0.25) is 5.91 Å². The fourth-order valence-electron chi connectivity index (χ4n) is 1.03. The van der Waals surface area contributed by atoms with Crippen LogP contribution < -0.4 is 10.5 Å². The Hall–Kier alpha value is -2.03. The van der Waals surface area contributed by atoms with Crippen LogP contribution in [0.3, 0.4) is 0 Å². The topological polar surface area (TPSA) is 52.3 Å². The van der Waals surface area contributed by atoms with E-state index >= 15 is 0 Å². The van der Waals surface area contributed by atoms with Crippen LogP contribution in [0.25, 0.3) is 6.08 Å². The van der Waals surface area contributed by atoms with Crippen LogP contribution in [0.1, 0.15) is 5.56 Å². The molecule has 1 aromatic rings. The summed E-state index contributed by atoms with van der Waals surface area (Å²) in [7, 11) is 1.63. The molecule has 0 unspecified atom stereocenters. The molecule has 2 N–H and O–H groups in total. The smallest absolute Gasteiger partial charge is 0.241 e. The fraction of sp³-hybridized carbons (Fsp3) is 0.0833.